The summed E-state index contributed by atoms with van der Waals surface area (Å²) < 4.78 is 38.3. The highest BCUT2D eigenvalue weighted by Crippen LogP contribution is 2.34. The largest absolute Gasteiger partial charge is 0.478 e. The minimum absolute atomic E-state index is 0.0154. The molecule has 0 aliphatic heterocycles. The summed E-state index contributed by atoms with van der Waals surface area (Å²) in [5.41, 5.74) is -0.644. The molecule has 2 rings (SSSR count). The number of aliphatic carboxylic acids is 1. The van der Waals surface area contributed by atoms with Crippen LogP contribution in [-0.4, -0.2) is 28.6 Å². The fourth-order valence-corrected chi connectivity index (χ4v) is 2.96. The predicted octanol–water partition coefficient (Wildman–Crippen LogP) is 4.67. The lowest BCUT2D eigenvalue weighted by Gasteiger charge is -2.11. The number of rotatable bonds is 7. The SMILES string of the molecule is O=C(O)/C=C/C(=O)Nc1ccc(SCC(=O)Nc2cc(C(F)(F)F)ccc2Cl)cc1. The summed E-state index contributed by atoms with van der Waals surface area (Å²) >= 11 is 6.97. The van der Waals surface area contributed by atoms with Gasteiger partial charge in [-0.2, -0.15) is 13.2 Å². The lowest BCUT2D eigenvalue weighted by atomic mass is 10.2. The average Bonchev–Trinajstić information content (AvgIpc) is 2.66. The number of alkyl halides is 3. The number of anilines is 2. The molecule has 0 heterocycles. The second-order valence-electron chi connectivity index (χ2n) is 5.71. The number of benzene rings is 2. The molecule has 0 atom stereocenters. The maximum atomic E-state index is 12.8. The van der Waals surface area contributed by atoms with Crippen molar-refractivity contribution in [2.75, 3.05) is 16.4 Å². The third-order valence-electron chi connectivity index (χ3n) is 3.44. The standard InChI is InChI=1S/C19H14ClF3N2O4S/c20-14-6-1-11(19(21,22)23)9-15(14)25-17(27)10-30-13-4-2-12(3-5-13)24-16(26)7-8-18(28)29/h1-9H,10H2,(H,24,26)(H,25,27)(H,28,29)/b8-7+. The van der Waals surface area contributed by atoms with Gasteiger partial charge in [-0.25, -0.2) is 4.79 Å². The van der Waals surface area contributed by atoms with Crippen molar-refractivity contribution < 1.29 is 32.7 Å². The first-order valence-corrected chi connectivity index (χ1v) is 9.52. The van der Waals surface area contributed by atoms with E-state index in [1.807, 2.05) is 0 Å². The van der Waals surface area contributed by atoms with Crippen LogP contribution in [0.15, 0.2) is 59.5 Å². The Labute approximate surface area is 178 Å². The molecule has 2 aromatic rings. The molecule has 0 spiro atoms. The number of carbonyl (C=O) groups excluding carboxylic acids is 2. The number of thioether (sulfide) groups is 1. The Balaban J connectivity index is 1.91. The molecule has 2 amide bonds. The molecule has 158 valence electrons. The van der Waals surface area contributed by atoms with E-state index in [1.165, 1.54) is 0 Å². The number of halogens is 4. The van der Waals surface area contributed by atoms with Crippen molar-refractivity contribution in [3.8, 4) is 0 Å². The fraction of sp³-hybridized carbons (Fsp3) is 0.105. The molecular weight excluding hydrogens is 445 g/mol. The smallest absolute Gasteiger partial charge is 0.416 e. The van der Waals surface area contributed by atoms with Crippen LogP contribution in [-0.2, 0) is 20.6 Å². The van der Waals surface area contributed by atoms with Gasteiger partial charge in [-0.3, -0.25) is 9.59 Å². The number of hydrogen-bond donors (Lipinski definition) is 3. The zero-order chi connectivity index (χ0) is 22.3. The van der Waals surface area contributed by atoms with Gasteiger partial charge < -0.3 is 15.7 Å². The van der Waals surface area contributed by atoms with E-state index in [4.69, 9.17) is 16.7 Å². The van der Waals surface area contributed by atoms with E-state index in [-0.39, 0.29) is 16.5 Å². The van der Waals surface area contributed by atoms with Crippen LogP contribution in [0.4, 0.5) is 24.5 Å². The molecule has 0 saturated carbocycles. The quantitative estimate of drug-likeness (QED) is 0.414. The molecule has 0 saturated heterocycles. The molecular formula is C19H14ClF3N2O4S. The molecule has 0 bridgehead atoms. The topological polar surface area (TPSA) is 95.5 Å². The van der Waals surface area contributed by atoms with Crippen molar-refractivity contribution >= 4 is 52.5 Å². The van der Waals surface area contributed by atoms with Crippen LogP contribution < -0.4 is 10.6 Å². The van der Waals surface area contributed by atoms with Gasteiger partial charge in [0.25, 0.3) is 0 Å². The van der Waals surface area contributed by atoms with E-state index >= 15 is 0 Å². The Bertz CT molecular complexity index is 979. The van der Waals surface area contributed by atoms with Crippen molar-refractivity contribution in [2.45, 2.75) is 11.1 Å². The molecule has 2 aromatic carbocycles. The highest BCUT2D eigenvalue weighted by Gasteiger charge is 2.31. The number of hydrogen-bond acceptors (Lipinski definition) is 4. The van der Waals surface area contributed by atoms with Crippen LogP contribution in [0, 0.1) is 0 Å². The zero-order valence-electron chi connectivity index (χ0n) is 15.0. The van der Waals surface area contributed by atoms with Gasteiger partial charge in [0.15, 0.2) is 0 Å². The number of carboxylic acid groups (broad SMARTS) is 1. The van der Waals surface area contributed by atoms with E-state index in [1.54, 1.807) is 24.3 Å². The van der Waals surface area contributed by atoms with Crippen molar-refractivity contribution in [3.05, 3.63) is 65.2 Å². The van der Waals surface area contributed by atoms with Gasteiger partial charge in [-0.15, -0.1) is 11.8 Å². The first kappa shape index (κ1) is 23.3. The molecule has 0 aromatic heterocycles. The van der Waals surface area contributed by atoms with Gasteiger partial charge in [0.2, 0.25) is 11.8 Å². The molecule has 0 fully saturated rings. The molecule has 30 heavy (non-hydrogen) atoms. The first-order valence-electron chi connectivity index (χ1n) is 8.16. The van der Waals surface area contributed by atoms with Gasteiger partial charge in [0.1, 0.15) is 0 Å². The third-order valence-corrected chi connectivity index (χ3v) is 4.78. The summed E-state index contributed by atoms with van der Waals surface area (Å²) in [4.78, 5) is 34.6. The van der Waals surface area contributed by atoms with Gasteiger partial charge in [0.05, 0.1) is 22.0 Å². The summed E-state index contributed by atoms with van der Waals surface area (Å²) in [7, 11) is 0. The van der Waals surface area contributed by atoms with E-state index in [0.717, 1.165) is 36.0 Å². The maximum Gasteiger partial charge on any atom is 0.416 e. The number of carbonyl (C=O) groups is 3. The lowest BCUT2D eigenvalue weighted by Crippen LogP contribution is -2.15. The molecule has 0 radical (unpaired) electrons. The number of carboxylic acids is 1. The minimum atomic E-state index is -4.56. The van der Waals surface area contributed by atoms with E-state index in [2.05, 4.69) is 10.6 Å². The Morgan fingerprint density at radius 2 is 1.70 bits per heavy atom. The molecule has 0 aliphatic carbocycles. The molecule has 0 unspecified atom stereocenters. The van der Waals surface area contributed by atoms with Crippen LogP contribution in [0.25, 0.3) is 0 Å². The normalized spacial score (nSPS) is 11.3. The maximum absolute atomic E-state index is 12.8. The molecule has 11 heteroatoms. The highest BCUT2D eigenvalue weighted by molar-refractivity contribution is 8.00. The minimum Gasteiger partial charge on any atom is -0.478 e. The van der Waals surface area contributed by atoms with Crippen molar-refractivity contribution in [2.24, 2.45) is 0 Å². The van der Waals surface area contributed by atoms with Gasteiger partial charge >= 0.3 is 12.1 Å². The van der Waals surface area contributed by atoms with Gasteiger partial charge in [0, 0.05) is 22.7 Å². The van der Waals surface area contributed by atoms with Crippen LogP contribution in [0.5, 0.6) is 0 Å². The monoisotopic (exact) mass is 458 g/mol. The second-order valence-corrected chi connectivity index (χ2v) is 7.17. The summed E-state index contributed by atoms with van der Waals surface area (Å²) in [5, 5.41) is 13.3. The third kappa shape index (κ3) is 7.45. The van der Waals surface area contributed by atoms with Crippen molar-refractivity contribution in [1.29, 1.82) is 0 Å². The van der Waals surface area contributed by atoms with Gasteiger partial charge in [-0.05, 0) is 42.5 Å². The fourth-order valence-electron chi connectivity index (χ4n) is 2.10. The van der Waals surface area contributed by atoms with Crippen LogP contribution in [0.1, 0.15) is 5.56 Å². The predicted molar refractivity (Wildman–Crippen MR) is 108 cm³/mol. The number of amides is 2. The Hall–Kier alpha value is -2.98. The lowest BCUT2D eigenvalue weighted by molar-refractivity contribution is -0.137. The summed E-state index contributed by atoms with van der Waals surface area (Å²) in [5.74, 6) is -2.49. The molecule has 0 aliphatic rings. The van der Waals surface area contributed by atoms with Crippen LogP contribution in [0.2, 0.25) is 5.02 Å². The first-order chi connectivity index (χ1) is 14.0. The average molecular weight is 459 g/mol. The van der Waals surface area contributed by atoms with Gasteiger partial charge in [-0.1, -0.05) is 11.6 Å². The van der Waals surface area contributed by atoms with Crippen molar-refractivity contribution in [3.63, 3.8) is 0 Å². The summed E-state index contributed by atoms with van der Waals surface area (Å²) in [6, 6.07) is 8.99. The highest BCUT2D eigenvalue weighted by atomic mass is 35.5. The Morgan fingerprint density at radius 3 is 2.30 bits per heavy atom. The molecule has 3 N–H and O–H groups in total. The summed E-state index contributed by atoms with van der Waals surface area (Å²) in [6.45, 7) is 0. The molecule has 6 nitrogen and oxygen atoms in total. The van der Waals surface area contributed by atoms with E-state index in [9.17, 15) is 27.6 Å². The van der Waals surface area contributed by atoms with Crippen LogP contribution in [0.3, 0.4) is 0 Å². The summed E-state index contributed by atoms with van der Waals surface area (Å²) in [6.07, 6.45) is -2.98. The van der Waals surface area contributed by atoms with E-state index in [0.29, 0.717) is 16.7 Å². The zero-order valence-corrected chi connectivity index (χ0v) is 16.6. The Morgan fingerprint density at radius 1 is 1.03 bits per heavy atom. The van der Waals surface area contributed by atoms with Crippen LogP contribution >= 0.6 is 23.4 Å². The van der Waals surface area contributed by atoms with E-state index < -0.39 is 29.5 Å². The number of nitrogens with one attached hydrogen (secondary N) is 2. The van der Waals surface area contributed by atoms with Crippen molar-refractivity contribution in [1.82, 2.24) is 0 Å². The Kier molecular flexibility index (Phi) is 7.90. The second kappa shape index (κ2) is 10.2.